The number of carbonyl (C=O) groups is 3. The van der Waals surface area contributed by atoms with Crippen molar-refractivity contribution < 1.29 is 33.4 Å². The predicted molar refractivity (Wildman–Crippen MR) is 148 cm³/mol. The molecule has 2 amide bonds. The van der Waals surface area contributed by atoms with E-state index in [9.17, 15) is 23.9 Å². The van der Waals surface area contributed by atoms with Gasteiger partial charge in [0.2, 0.25) is 12.3 Å². The Kier molecular flexibility index (Phi) is 18.2. The summed E-state index contributed by atoms with van der Waals surface area (Å²) in [6, 6.07) is -1.22. The lowest BCUT2D eigenvalue weighted by Crippen LogP contribution is -2.48. The minimum absolute atomic E-state index is 0.0440. The van der Waals surface area contributed by atoms with Crippen LogP contribution in [0.15, 0.2) is 36.2 Å². The monoisotopic (exact) mass is 540 g/mol. The number of carbonyl (C=O) groups excluding carboxylic acids is 2. The van der Waals surface area contributed by atoms with Gasteiger partial charge >= 0.3 is 5.97 Å². The van der Waals surface area contributed by atoms with Gasteiger partial charge in [-0.3, -0.25) is 9.59 Å². The van der Waals surface area contributed by atoms with Crippen LogP contribution in [0.2, 0.25) is 0 Å². The van der Waals surface area contributed by atoms with Crippen molar-refractivity contribution in [2.24, 2.45) is 23.7 Å². The molecule has 9 heteroatoms. The molecule has 7 unspecified atom stereocenters. The number of allylic oxidation sites excluding steroid dienone is 4. The first-order chi connectivity index (χ1) is 18.0. The van der Waals surface area contributed by atoms with Crippen molar-refractivity contribution in [3.63, 3.8) is 0 Å². The van der Waals surface area contributed by atoms with Gasteiger partial charge in [0, 0.05) is 27.2 Å². The third kappa shape index (κ3) is 12.8. The summed E-state index contributed by atoms with van der Waals surface area (Å²) < 4.78 is 24.8. The van der Waals surface area contributed by atoms with Crippen LogP contribution in [0.1, 0.15) is 66.7 Å². The number of nitrogens with one attached hydrogen (secondary N) is 2. The second kappa shape index (κ2) is 19.5. The maximum Gasteiger partial charge on any atom is 0.326 e. The molecule has 0 aliphatic heterocycles. The minimum Gasteiger partial charge on any atom is -0.480 e. The van der Waals surface area contributed by atoms with Gasteiger partial charge in [-0.2, -0.15) is 0 Å². The van der Waals surface area contributed by atoms with E-state index in [-0.39, 0.29) is 24.4 Å². The van der Waals surface area contributed by atoms with E-state index in [0.29, 0.717) is 43.7 Å². The van der Waals surface area contributed by atoms with Gasteiger partial charge in [-0.25, -0.2) is 9.18 Å². The normalized spacial score (nSPS) is 17.9. The maximum absolute atomic E-state index is 13.3. The number of amides is 2. The number of carboxylic acids is 1. The van der Waals surface area contributed by atoms with Crippen molar-refractivity contribution in [1.29, 1.82) is 0 Å². The molecule has 0 aliphatic rings. The average Bonchev–Trinajstić information content (AvgIpc) is 2.89. The van der Waals surface area contributed by atoms with E-state index in [0.717, 1.165) is 6.42 Å². The molecule has 7 atom stereocenters. The van der Waals surface area contributed by atoms with E-state index in [4.69, 9.17) is 9.47 Å². The zero-order chi connectivity index (χ0) is 29.3. The molecule has 218 valence electrons. The first kappa shape index (κ1) is 35.5. The summed E-state index contributed by atoms with van der Waals surface area (Å²) in [5.41, 5.74) is 0.480. The largest absolute Gasteiger partial charge is 0.480 e. The molecule has 0 saturated carbocycles. The second-order valence-electron chi connectivity index (χ2n) is 10.0. The Morgan fingerprint density at radius 3 is 2.26 bits per heavy atom. The molecular weight excluding hydrogens is 491 g/mol. The Morgan fingerprint density at radius 2 is 1.79 bits per heavy atom. The molecule has 0 spiro atoms. The van der Waals surface area contributed by atoms with Gasteiger partial charge in [0.15, 0.2) is 0 Å². The van der Waals surface area contributed by atoms with E-state index < -0.39 is 35.8 Å². The first-order valence-electron chi connectivity index (χ1n) is 13.4. The Labute approximate surface area is 228 Å². The molecule has 0 rings (SSSR count). The van der Waals surface area contributed by atoms with Crippen LogP contribution in [0.3, 0.4) is 0 Å². The molecule has 0 aromatic heterocycles. The Hall–Kier alpha value is -2.52. The van der Waals surface area contributed by atoms with Gasteiger partial charge in [-0.1, -0.05) is 52.8 Å². The van der Waals surface area contributed by atoms with Gasteiger partial charge in [0.25, 0.3) is 0 Å². The van der Waals surface area contributed by atoms with Crippen molar-refractivity contribution in [3.8, 4) is 0 Å². The molecule has 0 heterocycles. The maximum atomic E-state index is 13.3. The van der Waals surface area contributed by atoms with E-state index in [1.54, 1.807) is 21.1 Å². The summed E-state index contributed by atoms with van der Waals surface area (Å²) in [6.45, 7) is 13.6. The summed E-state index contributed by atoms with van der Waals surface area (Å²) in [5.74, 6) is -2.09. The fraction of sp³-hybridized carbons (Fsp3) is 0.690. The molecule has 0 aromatic rings. The number of aliphatic carboxylic acids is 1. The number of halogens is 1. The summed E-state index contributed by atoms with van der Waals surface area (Å²) in [4.78, 5) is 35.9. The standard InChI is InChI=1S/C29H49FN2O6/c1-9-19(3)21(5)26(37-7)17-24(12-11-15-31-18-33)27(38-8)22(6)28(34)32-25(29(35)36)16-23(10-2)14-13-20(4)30/h10,13-14,18-19,21-22,24-27H,2,9,11-12,15-17H2,1,3-8H3,(H,31,33)(H,32,34)(H,35,36)/b20-13+,23-14+. The summed E-state index contributed by atoms with van der Waals surface area (Å²) >= 11 is 0. The smallest absolute Gasteiger partial charge is 0.326 e. The number of methoxy groups -OCH3 is 2. The highest BCUT2D eigenvalue weighted by molar-refractivity contribution is 5.85. The van der Waals surface area contributed by atoms with Crippen LogP contribution in [0, 0.1) is 23.7 Å². The van der Waals surface area contributed by atoms with E-state index in [1.807, 2.05) is 0 Å². The van der Waals surface area contributed by atoms with Crippen molar-refractivity contribution in [1.82, 2.24) is 10.6 Å². The average molecular weight is 541 g/mol. The summed E-state index contributed by atoms with van der Waals surface area (Å²) in [7, 11) is 3.23. The zero-order valence-corrected chi connectivity index (χ0v) is 24.2. The quantitative estimate of drug-likeness (QED) is 0.109. The highest BCUT2D eigenvalue weighted by atomic mass is 19.1. The van der Waals surface area contributed by atoms with E-state index in [1.165, 1.54) is 25.2 Å². The number of hydrogen-bond acceptors (Lipinski definition) is 5. The van der Waals surface area contributed by atoms with Crippen LogP contribution in [0.5, 0.6) is 0 Å². The topological polar surface area (TPSA) is 114 Å². The Balaban J connectivity index is 5.83. The van der Waals surface area contributed by atoms with Gasteiger partial charge in [0.05, 0.1) is 24.0 Å². The van der Waals surface area contributed by atoms with Crippen LogP contribution in [-0.4, -0.2) is 62.4 Å². The molecule has 0 radical (unpaired) electrons. The molecule has 3 N–H and O–H groups in total. The van der Waals surface area contributed by atoms with Crippen molar-refractivity contribution in [2.45, 2.75) is 85.0 Å². The van der Waals surface area contributed by atoms with Crippen LogP contribution in [0.4, 0.5) is 4.39 Å². The van der Waals surface area contributed by atoms with E-state index in [2.05, 4.69) is 38.0 Å². The van der Waals surface area contributed by atoms with Crippen molar-refractivity contribution in [2.75, 3.05) is 20.8 Å². The van der Waals surface area contributed by atoms with Gasteiger partial charge in [-0.15, -0.1) is 0 Å². The van der Waals surface area contributed by atoms with Gasteiger partial charge in [0.1, 0.15) is 6.04 Å². The molecule has 38 heavy (non-hydrogen) atoms. The number of rotatable bonds is 21. The highest BCUT2D eigenvalue weighted by Crippen LogP contribution is 2.31. The minimum atomic E-state index is -1.22. The van der Waals surface area contributed by atoms with Gasteiger partial charge in [-0.05, 0) is 55.6 Å². The molecule has 0 fully saturated rings. The third-order valence-electron chi connectivity index (χ3n) is 7.43. The zero-order valence-electron chi connectivity index (χ0n) is 24.2. The fourth-order valence-corrected chi connectivity index (χ4v) is 4.64. The van der Waals surface area contributed by atoms with Crippen LogP contribution >= 0.6 is 0 Å². The summed E-state index contributed by atoms with van der Waals surface area (Å²) in [6.07, 6.45) is 7.20. The molecular formula is C29H49FN2O6. The Bertz CT molecular complexity index is 796. The lowest BCUT2D eigenvalue weighted by molar-refractivity contribution is -0.144. The van der Waals surface area contributed by atoms with Crippen LogP contribution < -0.4 is 10.6 Å². The molecule has 8 nitrogen and oxygen atoms in total. The van der Waals surface area contributed by atoms with Crippen molar-refractivity contribution in [3.05, 3.63) is 36.2 Å². The van der Waals surface area contributed by atoms with Crippen molar-refractivity contribution >= 4 is 18.3 Å². The molecule has 0 bridgehead atoms. The Morgan fingerprint density at radius 1 is 1.13 bits per heavy atom. The van der Waals surface area contributed by atoms with Crippen LogP contribution in [-0.2, 0) is 23.9 Å². The van der Waals surface area contributed by atoms with Gasteiger partial charge < -0.3 is 25.2 Å². The predicted octanol–water partition coefficient (Wildman–Crippen LogP) is 4.81. The second-order valence-corrected chi connectivity index (χ2v) is 10.0. The lowest BCUT2D eigenvalue weighted by atomic mass is 9.79. The number of carboxylic acid groups (broad SMARTS) is 1. The highest BCUT2D eigenvalue weighted by Gasteiger charge is 2.36. The number of ether oxygens (including phenoxy) is 2. The van der Waals surface area contributed by atoms with E-state index >= 15 is 0 Å². The number of hydrogen-bond donors (Lipinski definition) is 3. The van der Waals surface area contributed by atoms with Crippen LogP contribution in [0.25, 0.3) is 0 Å². The first-order valence-corrected chi connectivity index (χ1v) is 13.4. The fourth-order valence-electron chi connectivity index (χ4n) is 4.64. The molecule has 0 aromatic carbocycles. The molecule has 0 saturated heterocycles. The molecule has 0 aliphatic carbocycles. The summed E-state index contributed by atoms with van der Waals surface area (Å²) in [5, 5.41) is 15.0. The SMILES string of the molecule is C=C/C(=C\C=C(/C)F)CC(NC(=O)C(C)C(OC)C(CCCNC=O)CC(OC)C(C)C(C)CC)C(=O)O. The lowest BCUT2D eigenvalue weighted by Gasteiger charge is -2.35. The third-order valence-corrected chi connectivity index (χ3v) is 7.43.